The second kappa shape index (κ2) is 6.54. The highest BCUT2D eigenvalue weighted by Gasteiger charge is 2.40. The fourth-order valence-electron chi connectivity index (χ4n) is 4.87. The normalized spacial score (nSPS) is 18.4. The van der Waals surface area contributed by atoms with Crippen LogP contribution in [-0.2, 0) is 19.4 Å². The highest BCUT2D eigenvalue weighted by molar-refractivity contribution is 5.89. The van der Waals surface area contributed by atoms with Crippen LogP contribution >= 0.6 is 0 Å². The van der Waals surface area contributed by atoms with Gasteiger partial charge in [-0.1, -0.05) is 31.0 Å². The molecule has 1 spiro atoms. The molecule has 2 aliphatic carbocycles. The van der Waals surface area contributed by atoms with Crippen LogP contribution in [0, 0.1) is 5.41 Å². The summed E-state index contributed by atoms with van der Waals surface area (Å²) in [5.74, 6) is -0.867. The Balaban J connectivity index is 1.82. The van der Waals surface area contributed by atoms with Crippen LogP contribution < -0.4 is 0 Å². The Hall–Kier alpha value is -2.14. The number of aromatic nitrogens is 2. The molecule has 138 valence electrons. The molecule has 1 N–H and O–H groups in total. The van der Waals surface area contributed by atoms with Crippen molar-refractivity contribution in [3.63, 3.8) is 0 Å². The number of hydrogen-bond donors (Lipinski definition) is 1. The van der Waals surface area contributed by atoms with E-state index in [4.69, 9.17) is 5.10 Å². The third-order valence-electron chi connectivity index (χ3n) is 6.08. The van der Waals surface area contributed by atoms with Crippen molar-refractivity contribution in [3.05, 3.63) is 46.8 Å². The molecule has 0 saturated heterocycles. The summed E-state index contributed by atoms with van der Waals surface area (Å²) in [5.41, 5.74) is 4.62. The number of rotatable bonds is 4. The quantitative estimate of drug-likeness (QED) is 0.911. The zero-order valence-corrected chi connectivity index (χ0v) is 15.7. The molecule has 0 amide bonds. The number of hydrogen-bond acceptors (Lipinski definition) is 3. The topological polar surface area (TPSA) is 58.4 Å². The Morgan fingerprint density at radius 1 is 1.23 bits per heavy atom. The van der Waals surface area contributed by atoms with E-state index in [0.717, 1.165) is 48.3 Å². The Kier molecular flexibility index (Phi) is 4.35. The maximum absolute atomic E-state index is 12.2. The molecule has 0 unspecified atom stereocenters. The molecule has 0 radical (unpaired) electrons. The van der Waals surface area contributed by atoms with Gasteiger partial charge < -0.3 is 10.0 Å². The van der Waals surface area contributed by atoms with Crippen molar-refractivity contribution in [1.82, 2.24) is 14.7 Å². The highest BCUT2D eigenvalue weighted by atomic mass is 16.4. The average Bonchev–Trinajstić information content (AvgIpc) is 3.19. The number of fused-ring (bicyclic) bond motifs is 1. The molecule has 1 aromatic heterocycles. The van der Waals surface area contributed by atoms with Gasteiger partial charge in [0.1, 0.15) is 0 Å². The van der Waals surface area contributed by atoms with E-state index in [-0.39, 0.29) is 0 Å². The summed E-state index contributed by atoms with van der Waals surface area (Å²) in [6, 6.07) is 7.99. The van der Waals surface area contributed by atoms with Crippen molar-refractivity contribution in [2.24, 2.45) is 5.41 Å². The minimum Gasteiger partial charge on any atom is -0.476 e. The molecular weight excluding hydrogens is 326 g/mol. The molecule has 0 aliphatic heterocycles. The van der Waals surface area contributed by atoms with Crippen LogP contribution in [-0.4, -0.2) is 39.9 Å². The SMILES string of the molecule is CN(C)Cc1ccccc1-n1nc2c(c1C(=O)O)CC1(CCCC1)CC2. The monoisotopic (exact) mass is 353 g/mol. The lowest BCUT2D eigenvalue weighted by atomic mass is 9.71. The maximum atomic E-state index is 12.2. The molecule has 1 aromatic carbocycles. The van der Waals surface area contributed by atoms with E-state index in [1.54, 1.807) is 4.68 Å². The zero-order chi connectivity index (χ0) is 18.3. The van der Waals surface area contributed by atoms with Crippen LogP contribution in [0.4, 0.5) is 0 Å². The first-order chi connectivity index (χ1) is 12.5. The smallest absolute Gasteiger partial charge is 0.354 e. The van der Waals surface area contributed by atoms with Crippen molar-refractivity contribution in [2.75, 3.05) is 14.1 Å². The second-order valence-corrected chi connectivity index (χ2v) is 8.24. The summed E-state index contributed by atoms with van der Waals surface area (Å²) >= 11 is 0. The predicted octanol–water partition coefficient (Wildman–Crippen LogP) is 3.68. The van der Waals surface area contributed by atoms with E-state index in [0.29, 0.717) is 11.1 Å². The van der Waals surface area contributed by atoms with Gasteiger partial charge >= 0.3 is 5.97 Å². The lowest BCUT2D eigenvalue weighted by Crippen LogP contribution is -2.26. The molecule has 2 aromatic rings. The van der Waals surface area contributed by atoms with Gasteiger partial charge in [-0.3, -0.25) is 0 Å². The van der Waals surface area contributed by atoms with Crippen LogP contribution in [0.15, 0.2) is 24.3 Å². The molecule has 5 heteroatoms. The molecule has 1 heterocycles. The number of para-hydroxylation sites is 1. The largest absolute Gasteiger partial charge is 0.476 e. The van der Waals surface area contributed by atoms with Gasteiger partial charge in [-0.15, -0.1) is 0 Å². The maximum Gasteiger partial charge on any atom is 0.354 e. The lowest BCUT2D eigenvalue weighted by molar-refractivity contribution is 0.0684. The Morgan fingerprint density at radius 2 is 1.96 bits per heavy atom. The minimum absolute atomic E-state index is 0.314. The third kappa shape index (κ3) is 2.94. The number of carbonyl (C=O) groups is 1. The zero-order valence-electron chi connectivity index (χ0n) is 15.7. The van der Waals surface area contributed by atoms with Crippen LogP contribution in [0.25, 0.3) is 5.69 Å². The van der Waals surface area contributed by atoms with Crippen molar-refractivity contribution >= 4 is 5.97 Å². The number of nitrogens with zero attached hydrogens (tertiary/aromatic N) is 3. The first kappa shape index (κ1) is 17.3. The highest BCUT2D eigenvalue weighted by Crippen LogP contribution is 2.48. The van der Waals surface area contributed by atoms with Gasteiger partial charge in [0.05, 0.1) is 11.4 Å². The van der Waals surface area contributed by atoms with Crippen molar-refractivity contribution in [2.45, 2.75) is 51.5 Å². The van der Waals surface area contributed by atoms with E-state index < -0.39 is 5.97 Å². The van der Waals surface area contributed by atoms with Crippen LogP contribution in [0.5, 0.6) is 0 Å². The number of benzene rings is 1. The van der Waals surface area contributed by atoms with Gasteiger partial charge in [0.15, 0.2) is 5.69 Å². The second-order valence-electron chi connectivity index (χ2n) is 8.24. The molecular formula is C21H27N3O2. The van der Waals surface area contributed by atoms with Gasteiger partial charge in [-0.05, 0) is 63.2 Å². The van der Waals surface area contributed by atoms with Crippen LogP contribution in [0.1, 0.15) is 59.4 Å². The summed E-state index contributed by atoms with van der Waals surface area (Å²) in [5, 5.41) is 14.8. The average molecular weight is 353 g/mol. The standard InChI is InChI=1S/C21H27N3O2/c1-23(2)14-15-7-3-4-8-18(15)24-19(20(25)26)16-13-21(10-5-6-11-21)12-9-17(16)22-24/h3-4,7-8H,5-6,9-14H2,1-2H3,(H,25,26). The molecule has 0 atom stereocenters. The van der Waals surface area contributed by atoms with Gasteiger partial charge in [0.2, 0.25) is 0 Å². The summed E-state index contributed by atoms with van der Waals surface area (Å²) in [7, 11) is 4.04. The molecule has 1 saturated carbocycles. The summed E-state index contributed by atoms with van der Waals surface area (Å²) in [6.07, 6.45) is 7.94. The molecule has 26 heavy (non-hydrogen) atoms. The lowest BCUT2D eigenvalue weighted by Gasteiger charge is -2.32. The van der Waals surface area contributed by atoms with Gasteiger partial charge in [-0.25, -0.2) is 9.48 Å². The summed E-state index contributed by atoms with van der Waals surface area (Å²) in [6.45, 7) is 0.754. The van der Waals surface area contributed by atoms with Crippen LogP contribution in [0.2, 0.25) is 0 Å². The Bertz CT molecular complexity index is 832. The van der Waals surface area contributed by atoms with E-state index in [2.05, 4.69) is 11.0 Å². The molecule has 0 bridgehead atoms. The van der Waals surface area contributed by atoms with Crippen molar-refractivity contribution < 1.29 is 9.90 Å². The first-order valence-corrected chi connectivity index (χ1v) is 9.56. The molecule has 5 nitrogen and oxygen atoms in total. The summed E-state index contributed by atoms with van der Waals surface area (Å²) in [4.78, 5) is 14.3. The predicted molar refractivity (Wildman–Crippen MR) is 101 cm³/mol. The molecule has 4 rings (SSSR count). The number of aromatic carboxylic acids is 1. The van der Waals surface area contributed by atoms with E-state index in [1.807, 2.05) is 32.3 Å². The Labute approximate surface area is 154 Å². The first-order valence-electron chi connectivity index (χ1n) is 9.56. The number of aryl methyl sites for hydroxylation is 1. The van der Waals surface area contributed by atoms with E-state index in [9.17, 15) is 9.90 Å². The fourth-order valence-corrected chi connectivity index (χ4v) is 4.87. The molecule has 2 aliphatic rings. The number of carboxylic acids is 1. The fraction of sp³-hybridized carbons (Fsp3) is 0.524. The minimum atomic E-state index is -0.867. The van der Waals surface area contributed by atoms with Crippen molar-refractivity contribution in [1.29, 1.82) is 0 Å². The van der Waals surface area contributed by atoms with Gasteiger partial charge in [-0.2, -0.15) is 5.10 Å². The number of carboxylic acid groups (broad SMARTS) is 1. The Morgan fingerprint density at radius 3 is 2.65 bits per heavy atom. The molecule has 1 fully saturated rings. The summed E-state index contributed by atoms with van der Waals surface area (Å²) < 4.78 is 1.69. The van der Waals surface area contributed by atoms with E-state index >= 15 is 0 Å². The van der Waals surface area contributed by atoms with Crippen LogP contribution in [0.3, 0.4) is 0 Å². The van der Waals surface area contributed by atoms with Gasteiger partial charge in [0, 0.05) is 12.1 Å². The van der Waals surface area contributed by atoms with Crippen molar-refractivity contribution in [3.8, 4) is 5.69 Å². The van der Waals surface area contributed by atoms with E-state index in [1.165, 1.54) is 25.7 Å². The third-order valence-corrected chi connectivity index (χ3v) is 6.08. The van der Waals surface area contributed by atoms with Gasteiger partial charge in [0.25, 0.3) is 0 Å².